The summed E-state index contributed by atoms with van der Waals surface area (Å²) >= 11 is 7.09. The zero-order chi connectivity index (χ0) is 18.9. The van der Waals surface area contributed by atoms with E-state index in [9.17, 15) is 4.79 Å². The van der Waals surface area contributed by atoms with Crippen LogP contribution in [0.5, 0.6) is 11.5 Å². The van der Waals surface area contributed by atoms with Crippen LogP contribution in [0.2, 0.25) is 0 Å². The van der Waals surface area contributed by atoms with E-state index in [1.54, 1.807) is 0 Å². The van der Waals surface area contributed by atoms with E-state index < -0.39 is 0 Å². The summed E-state index contributed by atoms with van der Waals surface area (Å²) in [5, 5.41) is 0. The van der Waals surface area contributed by atoms with Crippen LogP contribution in [0.3, 0.4) is 0 Å². The zero-order valence-electron chi connectivity index (χ0n) is 15.1. The van der Waals surface area contributed by atoms with Gasteiger partial charge in [0.15, 0.2) is 5.78 Å². The number of benzene rings is 2. The zero-order valence-corrected chi connectivity index (χ0v) is 18.3. The first-order chi connectivity index (χ1) is 12.5. The second-order valence-corrected chi connectivity index (χ2v) is 8.11. The lowest BCUT2D eigenvalue weighted by atomic mass is 10.0. The molecule has 0 aliphatic carbocycles. The van der Waals surface area contributed by atoms with Crippen LogP contribution < -0.4 is 9.47 Å². The predicted molar refractivity (Wildman–Crippen MR) is 113 cm³/mol. The third-order valence-electron chi connectivity index (χ3n) is 3.92. The molecule has 2 aromatic carbocycles. The third-order valence-corrected chi connectivity index (χ3v) is 5.47. The number of carbonyl (C=O) groups is 1. The van der Waals surface area contributed by atoms with E-state index in [1.165, 1.54) is 0 Å². The van der Waals surface area contributed by atoms with E-state index in [0.717, 1.165) is 22.6 Å². The molecule has 2 aromatic rings. The molecule has 0 aromatic heterocycles. The van der Waals surface area contributed by atoms with Gasteiger partial charge in [-0.3, -0.25) is 4.79 Å². The van der Waals surface area contributed by atoms with Crippen LogP contribution in [0, 0.1) is 0 Å². The molecule has 140 valence electrons. The molecule has 2 rings (SSSR count). The molecule has 0 spiro atoms. The van der Waals surface area contributed by atoms with Gasteiger partial charge in [-0.2, -0.15) is 0 Å². The van der Waals surface area contributed by atoms with Crippen LogP contribution in [0.1, 0.15) is 25.0 Å². The van der Waals surface area contributed by atoms with Gasteiger partial charge in [0.2, 0.25) is 0 Å². The summed E-state index contributed by atoms with van der Waals surface area (Å²) in [6, 6.07) is 15.8. The number of Topliss-reactive ketones (excluding diaryl/α,β-unsaturated/α-hetero) is 1. The standard InChI is InChI=1S/C21H24Br2O3/c1-3-25-17-9-5-15(6-10-17)13-19(22)21(24)20(23)14-16-7-11-18(12-8-16)26-4-2/h5-12,19-20H,3-4,13-14H2,1-2H3. The van der Waals surface area contributed by atoms with E-state index in [1.807, 2.05) is 62.4 Å². The Morgan fingerprint density at radius 1 is 0.769 bits per heavy atom. The average molecular weight is 484 g/mol. The SMILES string of the molecule is CCOc1ccc(CC(Br)C(=O)C(Br)Cc2ccc(OCC)cc2)cc1. The van der Waals surface area contributed by atoms with Crippen LogP contribution in [0.15, 0.2) is 48.5 Å². The Hall–Kier alpha value is -1.33. The molecule has 0 saturated heterocycles. The van der Waals surface area contributed by atoms with Crippen LogP contribution in [-0.4, -0.2) is 28.7 Å². The van der Waals surface area contributed by atoms with Gasteiger partial charge in [0.05, 0.1) is 22.9 Å². The van der Waals surface area contributed by atoms with Crippen LogP contribution in [-0.2, 0) is 17.6 Å². The van der Waals surface area contributed by atoms with E-state index in [2.05, 4.69) is 31.9 Å². The number of ketones is 1. The lowest BCUT2D eigenvalue weighted by Crippen LogP contribution is -2.27. The lowest BCUT2D eigenvalue weighted by molar-refractivity contribution is -0.117. The van der Waals surface area contributed by atoms with Crippen LogP contribution in [0.25, 0.3) is 0 Å². The third kappa shape index (κ3) is 6.44. The molecule has 2 unspecified atom stereocenters. The fourth-order valence-corrected chi connectivity index (χ4v) is 4.33. The molecule has 0 amide bonds. The van der Waals surface area contributed by atoms with Gasteiger partial charge < -0.3 is 9.47 Å². The fraction of sp³-hybridized carbons (Fsp3) is 0.381. The topological polar surface area (TPSA) is 35.5 Å². The number of alkyl halides is 2. The van der Waals surface area contributed by atoms with Crippen molar-refractivity contribution in [2.45, 2.75) is 36.3 Å². The second kappa shape index (κ2) is 10.7. The average Bonchev–Trinajstić information content (AvgIpc) is 2.64. The Bertz CT molecular complexity index is 624. The number of hydrogen-bond donors (Lipinski definition) is 0. The highest BCUT2D eigenvalue weighted by atomic mass is 79.9. The van der Waals surface area contributed by atoms with Gasteiger partial charge in [0.1, 0.15) is 11.5 Å². The quantitative estimate of drug-likeness (QED) is 0.426. The number of hydrogen-bond acceptors (Lipinski definition) is 3. The Labute approximate surface area is 172 Å². The van der Waals surface area contributed by atoms with Crippen molar-refractivity contribution in [2.24, 2.45) is 0 Å². The highest BCUT2D eigenvalue weighted by Gasteiger charge is 2.23. The first kappa shape index (κ1) is 21.0. The Morgan fingerprint density at radius 3 is 1.42 bits per heavy atom. The largest absolute Gasteiger partial charge is 0.494 e. The highest BCUT2D eigenvalue weighted by molar-refractivity contribution is 9.10. The maximum absolute atomic E-state index is 12.6. The summed E-state index contributed by atoms with van der Waals surface area (Å²) in [5.41, 5.74) is 2.20. The maximum Gasteiger partial charge on any atom is 0.160 e. The molecule has 0 heterocycles. The molecule has 0 N–H and O–H groups in total. The van der Waals surface area contributed by atoms with Crippen LogP contribution >= 0.6 is 31.9 Å². The minimum Gasteiger partial charge on any atom is -0.494 e. The maximum atomic E-state index is 12.6. The van der Waals surface area contributed by atoms with Gasteiger partial charge in [-0.25, -0.2) is 0 Å². The molecule has 5 heteroatoms. The summed E-state index contributed by atoms with van der Waals surface area (Å²) in [4.78, 5) is 12.2. The summed E-state index contributed by atoms with van der Waals surface area (Å²) in [6.07, 6.45) is 1.30. The fourth-order valence-electron chi connectivity index (χ4n) is 2.59. The van der Waals surface area contributed by atoms with Crippen molar-refractivity contribution in [2.75, 3.05) is 13.2 Å². The van der Waals surface area contributed by atoms with Gasteiger partial charge in [0.25, 0.3) is 0 Å². The van der Waals surface area contributed by atoms with Crippen molar-refractivity contribution in [3.05, 3.63) is 59.7 Å². The van der Waals surface area contributed by atoms with Crippen LogP contribution in [0.4, 0.5) is 0 Å². The first-order valence-electron chi connectivity index (χ1n) is 8.78. The van der Waals surface area contributed by atoms with Crippen molar-refractivity contribution in [1.82, 2.24) is 0 Å². The molecule has 0 fully saturated rings. The normalized spacial score (nSPS) is 13.1. The molecule has 0 radical (unpaired) electrons. The monoisotopic (exact) mass is 482 g/mol. The van der Waals surface area contributed by atoms with Crippen molar-refractivity contribution >= 4 is 37.6 Å². The van der Waals surface area contributed by atoms with Crippen molar-refractivity contribution < 1.29 is 14.3 Å². The van der Waals surface area contributed by atoms with E-state index in [0.29, 0.717) is 26.1 Å². The van der Waals surface area contributed by atoms with Gasteiger partial charge >= 0.3 is 0 Å². The van der Waals surface area contributed by atoms with Gasteiger partial charge in [-0.1, -0.05) is 56.1 Å². The Morgan fingerprint density at radius 2 is 1.12 bits per heavy atom. The molecule has 3 nitrogen and oxygen atoms in total. The molecule has 0 bridgehead atoms. The van der Waals surface area contributed by atoms with Crippen molar-refractivity contribution in [1.29, 1.82) is 0 Å². The number of carbonyl (C=O) groups excluding carboxylic acids is 1. The van der Waals surface area contributed by atoms with Crippen molar-refractivity contribution in [3.63, 3.8) is 0 Å². The molecule has 0 aliphatic heterocycles. The molecule has 0 saturated carbocycles. The molecule has 0 aliphatic rings. The molecular formula is C21H24Br2O3. The summed E-state index contributed by atoms with van der Waals surface area (Å²) in [6.45, 7) is 5.22. The smallest absolute Gasteiger partial charge is 0.160 e. The summed E-state index contributed by atoms with van der Waals surface area (Å²) in [5.74, 6) is 1.85. The number of rotatable bonds is 10. The van der Waals surface area contributed by atoms with Crippen molar-refractivity contribution in [3.8, 4) is 11.5 Å². The number of ether oxygens (including phenoxy) is 2. The summed E-state index contributed by atoms with van der Waals surface area (Å²) < 4.78 is 10.9. The van der Waals surface area contributed by atoms with E-state index in [-0.39, 0.29) is 15.4 Å². The Kier molecular flexibility index (Phi) is 8.66. The highest BCUT2D eigenvalue weighted by Crippen LogP contribution is 2.21. The first-order valence-corrected chi connectivity index (χ1v) is 10.6. The second-order valence-electron chi connectivity index (χ2n) is 5.90. The minimum atomic E-state index is -0.229. The van der Waals surface area contributed by atoms with Gasteiger partial charge in [-0.15, -0.1) is 0 Å². The molecule has 2 atom stereocenters. The van der Waals surface area contributed by atoms with Gasteiger partial charge in [-0.05, 0) is 62.1 Å². The molecular weight excluding hydrogens is 460 g/mol. The lowest BCUT2D eigenvalue weighted by Gasteiger charge is -2.15. The Balaban J connectivity index is 1.89. The van der Waals surface area contributed by atoms with E-state index >= 15 is 0 Å². The predicted octanol–water partition coefficient (Wildman–Crippen LogP) is 5.37. The number of halogens is 2. The molecule has 26 heavy (non-hydrogen) atoms. The summed E-state index contributed by atoms with van der Waals surface area (Å²) in [7, 11) is 0. The minimum absolute atomic E-state index is 0.146. The van der Waals surface area contributed by atoms with Gasteiger partial charge in [0, 0.05) is 0 Å². The van der Waals surface area contributed by atoms with E-state index in [4.69, 9.17) is 9.47 Å².